The zero-order valence-corrected chi connectivity index (χ0v) is 13.6. The van der Waals surface area contributed by atoms with Crippen LogP contribution in [0.5, 0.6) is 0 Å². The number of nitrogens with one attached hydrogen (secondary N) is 1. The molecule has 22 heavy (non-hydrogen) atoms. The van der Waals surface area contributed by atoms with Crippen LogP contribution in [0.3, 0.4) is 0 Å². The van der Waals surface area contributed by atoms with E-state index in [-0.39, 0.29) is 6.10 Å². The molecule has 0 aromatic carbocycles. The number of hydrogen-bond donors (Lipinski definition) is 1. The van der Waals surface area contributed by atoms with Crippen LogP contribution in [0, 0.1) is 11.8 Å². The fraction of sp³-hybridized carbons (Fsp3) is 0.667. The van der Waals surface area contributed by atoms with Gasteiger partial charge in [-0.15, -0.1) is 0 Å². The lowest BCUT2D eigenvalue weighted by Crippen LogP contribution is -2.45. The Kier molecular flexibility index (Phi) is 4.77. The molecule has 7 heteroatoms. The maximum Gasteiger partial charge on any atom is 0.208 e. The summed E-state index contributed by atoms with van der Waals surface area (Å²) in [6.07, 6.45) is 4.09. The minimum absolute atomic E-state index is 0.0220. The lowest BCUT2D eigenvalue weighted by Gasteiger charge is -2.35. The van der Waals surface area contributed by atoms with Crippen molar-refractivity contribution in [3.63, 3.8) is 0 Å². The summed E-state index contributed by atoms with van der Waals surface area (Å²) in [7, 11) is -3.17. The van der Waals surface area contributed by atoms with Crippen molar-refractivity contribution in [3.05, 3.63) is 30.1 Å². The molecule has 3 heterocycles. The molecule has 2 saturated heterocycles. The molecule has 122 valence electrons. The van der Waals surface area contributed by atoms with Crippen LogP contribution in [-0.4, -0.2) is 56.9 Å². The number of nitrogens with zero attached hydrogens (tertiary/aromatic N) is 2. The SMILES string of the molecule is CS(=O)(=O)NC[C@@H]1OC[C@H]2CCN(Cc3ccccn3)C[C@H]21. The van der Waals surface area contributed by atoms with Crippen LogP contribution in [-0.2, 0) is 21.3 Å². The summed E-state index contributed by atoms with van der Waals surface area (Å²) >= 11 is 0. The summed E-state index contributed by atoms with van der Waals surface area (Å²) in [5.41, 5.74) is 1.07. The largest absolute Gasteiger partial charge is 0.376 e. The predicted molar refractivity (Wildman–Crippen MR) is 83.7 cm³/mol. The summed E-state index contributed by atoms with van der Waals surface area (Å²) < 4.78 is 30.9. The van der Waals surface area contributed by atoms with E-state index in [0.29, 0.717) is 18.4 Å². The molecule has 2 aliphatic heterocycles. The number of sulfonamides is 1. The minimum atomic E-state index is -3.17. The quantitative estimate of drug-likeness (QED) is 0.852. The average Bonchev–Trinajstić information content (AvgIpc) is 2.88. The van der Waals surface area contributed by atoms with E-state index >= 15 is 0 Å². The monoisotopic (exact) mass is 325 g/mol. The van der Waals surface area contributed by atoms with Crippen LogP contribution in [0.1, 0.15) is 12.1 Å². The van der Waals surface area contributed by atoms with E-state index in [1.807, 2.05) is 24.4 Å². The van der Waals surface area contributed by atoms with Gasteiger partial charge >= 0.3 is 0 Å². The molecule has 0 unspecified atom stereocenters. The van der Waals surface area contributed by atoms with Gasteiger partial charge in [0.2, 0.25) is 10.0 Å². The Labute approximate surface area is 131 Å². The van der Waals surface area contributed by atoms with Gasteiger partial charge in [0.25, 0.3) is 0 Å². The van der Waals surface area contributed by atoms with E-state index in [2.05, 4.69) is 14.6 Å². The Hall–Kier alpha value is -1.02. The van der Waals surface area contributed by atoms with E-state index in [1.165, 1.54) is 6.26 Å². The second kappa shape index (κ2) is 6.62. The molecule has 1 aromatic heterocycles. The van der Waals surface area contributed by atoms with Crippen molar-refractivity contribution in [1.29, 1.82) is 0 Å². The number of fused-ring (bicyclic) bond motifs is 1. The number of piperidine rings is 1. The number of aromatic nitrogens is 1. The van der Waals surface area contributed by atoms with Gasteiger partial charge in [-0.1, -0.05) is 6.07 Å². The maximum atomic E-state index is 11.3. The predicted octanol–water partition coefficient (Wildman–Crippen LogP) is 0.468. The third kappa shape index (κ3) is 4.04. The summed E-state index contributed by atoms with van der Waals surface area (Å²) in [6.45, 7) is 3.95. The molecule has 1 N–H and O–H groups in total. The molecule has 0 radical (unpaired) electrons. The Morgan fingerprint density at radius 2 is 2.32 bits per heavy atom. The van der Waals surface area contributed by atoms with E-state index in [0.717, 1.165) is 38.4 Å². The number of hydrogen-bond acceptors (Lipinski definition) is 5. The van der Waals surface area contributed by atoms with Gasteiger partial charge in [-0.05, 0) is 31.0 Å². The molecule has 2 fully saturated rings. The molecule has 3 rings (SSSR count). The summed E-state index contributed by atoms with van der Waals surface area (Å²) in [5, 5.41) is 0. The van der Waals surface area contributed by atoms with Crippen molar-refractivity contribution in [2.75, 3.05) is 32.5 Å². The van der Waals surface area contributed by atoms with Crippen LogP contribution in [0.25, 0.3) is 0 Å². The summed E-state index contributed by atoms with van der Waals surface area (Å²) in [4.78, 5) is 6.78. The highest BCUT2D eigenvalue weighted by Crippen LogP contribution is 2.34. The second-order valence-electron chi connectivity index (χ2n) is 6.26. The number of pyridine rings is 1. The molecule has 0 aliphatic carbocycles. The smallest absolute Gasteiger partial charge is 0.208 e. The maximum absolute atomic E-state index is 11.3. The highest BCUT2D eigenvalue weighted by Gasteiger charge is 2.40. The molecule has 0 spiro atoms. The molecule has 6 nitrogen and oxygen atoms in total. The first-order chi connectivity index (χ1) is 10.5. The van der Waals surface area contributed by atoms with Crippen molar-refractivity contribution in [3.8, 4) is 0 Å². The van der Waals surface area contributed by atoms with Crippen LogP contribution in [0.15, 0.2) is 24.4 Å². The van der Waals surface area contributed by atoms with Gasteiger partial charge in [-0.25, -0.2) is 13.1 Å². The Morgan fingerprint density at radius 3 is 3.05 bits per heavy atom. The van der Waals surface area contributed by atoms with Crippen LogP contribution >= 0.6 is 0 Å². The normalized spacial score (nSPS) is 29.4. The first kappa shape index (κ1) is 15.9. The van der Waals surface area contributed by atoms with Crippen LogP contribution in [0.2, 0.25) is 0 Å². The second-order valence-corrected chi connectivity index (χ2v) is 8.09. The van der Waals surface area contributed by atoms with Crippen LogP contribution < -0.4 is 4.72 Å². The number of ether oxygens (including phenoxy) is 1. The van der Waals surface area contributed by atoms with Crippen LogP contribution in [0.4, 0.5) is 0 Å². The molecule has 0 amide bonds. The van der Waals surface area contributed by atoms with Gasteiger partial charge < -0.3 is 4.74 Å². The number of rotatable bonds is 5. The molecule has 2 aliphatic rings. The molecular weight excluding hydrogens is 302 g/mol. The van der Waals surface area contributed by atoms with Crippen molar-refractivity contribution in [1.82, 2.24) is 14.6 Å². The van der Waals surface area contributed by atoms with Crippen molar-refractivity contribution < 1.29 is 13.2 Å². The van der Waals surface area contributed by atoms with E-state index < -0.39 is 10.0 Å². The molecule has 1 aromatic rings. The van der Waals surface area contributed by atoms with Gasteiger partial charge in [0.15, 0.2) is 0 Å². The minimum Gasteiger partial charge on any atom is -0.376 e. The molecular formula is C15H23N3O3S. The topological polar surface area (TPSA) is 71.5 Å². The van der Waals surface area contributed by atoms with Gasteiger partial charge in [0.1, 0.15) is 0 Å². The Morgan fingerprint density at radius 1 is 1.45 bits per heavy atom. The first-order valence-electron chi connectivity index (χ1n) is 7.70. The summed E-state index contributed by atoms with van der Waals surface area (Å²) in [6, 6.07) is 5.97. The van der Waals surface area contributed by atoms with Gasteiger partial charge in [-0.2, -0.15) is 0 Å². The molecule has 0 saturated carbocycles. The van der Waals surface area contributed by atoms with Gasteiger partial charge in [-0.3, -0.25) is 9.88 Å². The van der Waals surface area contributed by atoms with Crippen molar-refractivity contribution in [2.24, 2.45) is 11.8 Å². The fourth-order valence-corrected chi connectivity index (χ4v) is 3.88. The third-order valence-corrected chi connectivity index (χ3v) is 5.24. The molecule has 0 bridgehead atoms. The molecule has 3 atom stereocenters. The average molecular weight is 325 g/mol. The number of likely N-dealkylation sites (tertiary alicyclic amines) is 1. The van der Waals surface area contributed by atoms with E-state index in [9.17, 15) is 8.42 Å². The van der Waals surface area contributed by atoms with E-state index in [4.69, 9.17) is 4.74 Å². The lowest BCUT2D eigenvalue weighted by atomic mass is 9.84. The third-order valence-electron chi connectivity index (χ3n) is 4.55. The fourth-order valence-electron chi connectivity index (χ4n) is 3.41. The van der Waals surface area contributed by atoms with Gasteiger partial charge in [0, 0.05) is 31.7 Å². The highest BCUT2D eigenvalue weighted by atomic mass is 32.2. The zero-order chi connectivity index (χ0) is 15.6. The van der Waals surface area contributed by atoms with Gasteiger partial charge in [0.05, 0.1) is 24.7 Å². The van der Waals surface area contributed by atoms with E-state index in [1.54, 1.807) is 0 Å². The Bertz CT molecular complexity index is 593. The lowest BCUT2D eigenvalue weighted by molar-refractivity contribution is 0.0773. The first-order valence-corrected chi connectivity index (χ1v) is 9.59. The Balaban J connectivity index is 1.58. The highest BCUT2D eigenvalue weighted by molar-refractivity contribution is 7.88. The van der Waals surface area contributed by atoms with Crippen molar-refractivity contribution in [2.45, 2.75) is 19.1 Å². The summed E-state index contributed by atoms with van der Waals surface area (Å²) in [5.74, 6) is 0.943. The standard InChI is InChI=1S/C15H23N3O3S/c1-22(19,20)17-8-15-14-10-18(7-5-12(14)11-21-15)9-13-4-2-3-6-16-13/h2-4,6,12,14-15,17H,5,7-11H2,1H3/t12-,14-,15+/m1/s1. The van der Waals surface area contributed by atoms with Crippen molar-refractivity contribution >= 4 is 10.0 Å². The zero-order valence-electron chi connectivity index (χ0n) is 12.8.